The van der Waals surface area contributed by atoms with Gasteiger partial charge in [-0.1, -0.05) is 12.1 Å². The van der Waals surface area contributed by atoms with Crippen LogP contribution in [0.25, 0.3) is 0 Å². The molecule has 1 saturated carbocycles. The van der Waals surface area contributed by atoms with E-state index < -0.39 is 11.4 Å². The molecule has 0 aromatic heterocycles. The minimum atomic E-state index is -0.928. The fourth-order valence-electron chi connectivity index (χ4n) is 2.76. The van der Waals surface area contributed by atoms with Crippen molar-refractivity contribution in [2.45, 2.75) is 26.7 Å². The number of aryl methyl sites for hydroxylation is 2. The Morgan fingerprint density at radius 3 is 1.95 bits per heavy atom. The summed E-state index contributed by atoms with van der Waals surface area (Å²) in [7, 11) is 0. The molecule has 5 heteroatoms. The van der Waals surface area contributed by atoms with Gasteiger partial charge < -0.3 is 5.11 Å². The molecular weight excluding hydrogens is 258 g/mol. The molecule has 3 rings (SSSR count). The third-order valence-corrected chi connectivity index (χ3v) is 4.31. The fourth-order valence-corrected chi connectivity index (χ4v) is 2.76. The average Bonchev–Trinajstić information content (AvgIpc) is 3.13. The predicted molar refractivity (Wildman–Crippen MR) is 70.6 cm³/mol. The molecule has 2 aliphatic rings. The first kappa shape index (κ1) is 12.8. The Morgan fingerprint density at radius 1 is 1.15 bits per heavy atom. The number of hydrogen-bond acceptors (Lipinski definition) is 3. The lowest BCUT2D eigenvalue weighted by Crippen LogP contribution is -2.38. The second-order valence-electron chi connectivity index (χ2n) is 5.73. The molecule has 0 bridgehead atoms. The first-order chi connectivity index (χ1) is 9.37. The van der Waals surface area contributed by atoms with Crippen LogP contribution in [-0.2, 0) is 4.79 Å². The summed E-state index contributed by atoms with van der Waals surface area (Å²) in [6, 6.07) is 3.62. The fraction of sp³-hybridized carbons (Fsp3) is 0.400. The van der Waals surface area contributed by atoms with E-state index in [-0.39, 0.29) is 18.4 Å². The van der Waals surface area contributed by atoms with Gasteiger partial charge >= 0.3 is 5.97 Å². The summed E-state index contributed by atoms with van der Waals surface area (Å²) >= 11 is 0. The van der Waals surface area contributed by atoms with Crippen LogP contribution in [-0.4, -0.2) is 34.3 Å². The molecule has 1 heterocycles. The third kappa shape index (κ3) is 1.59. The van der Waals surface area contributed by atoms with Crippen molar-refractivity contribution < 1.29 is 19.5 Å². The maximum absolute atomic E-state index is 12.4. The molecule has 20 heavy (non-hydrogen) atoms. The van der Waals surface area contributed by atoms with Gasteiger partial charge in [-0.15, -0.1) is 0 Å². The molecule has 0 spiro atoms. The Kier molecular flexibility index (Phi) is 2.51. The largest absolute Gasteiger partial charge is 0.481 e. The lowest BCUT2D eigenvalue weighted by molar-refractivity contribution is -0.143. The van der Waals surface area contributed by atoms with Gasteiger partial charge in [0.15, 0.2) is 0 Å². The normalized spacial score (nSPS) is 19.2. The van der Waals surface area contributed by atoms with Crippen LogP contribution in [0.4, 0.5) is 0 Å². The number of amides is 2. The minimum Gasteiger partial charge on any atom is -0.481 e. The Bertz CT molecular complexity index is 617. The maximum Gasteiger partial charge on any atom is 0.311 e. The lowest BCUT2D eigenvalue weighted by atomic mass is 9.99. The van der Waals surface area contributed by atoms with E-state index in [0.717, 1.165) is 16.0 Å². The number of imide groups is 1. The zero-order valence-electron chi connectivity index (χ0n) is 11.4. The van der Waals surface area contributed by atoms with Crippen molar-refractivity contribution in [3.05, 3.63) is 34.4 Å². The number of carbonyl (C=O) groups is 3. The van der Waals surface area contributed by atoms with Crippen LogP contribution >= 0.6 is 0 Å². The Labute approximate surface area is 116 Å². The van der Waals surface area contributed by atoms with Crippen molar-refractivity contribution in [2.75, 3.05) is 6.54 Å². The Balaban J connectivity index is 2.00. The highest BCUT2D eigenvalue weighted by atomic mass is 16.4. The quantitative estimate of drug-likeness (QED) is 0.852. The summed E-state index contributed by atoms with van der Waals surface area (Å²) < 4.78 is 0. The number of rotatable bonds is 3. The molecule has 1 aliphatic heterocycles. The molecule has 1 fully saturated rings. The van der Waals surface area contributed by atoms with Gasteiger partial charge in [-0.2, -0.15) is 0 Å². The van der Waals surface area contributed by atoms with Crippen molar-refractivity contribution in [3.8, 4) is 0 Å². The van der Waals surface area contributed by atoms with Gasteiger partial charge in [0.1, 0.15) is 0 Å². The van der Waals surface area contributed by atoms with Gasteiger partial charge in [0.25, 0.3) is 11.8 Å². The minimum absolute atomic E-state index is 0.0203. The average molecular weight is 273 g/mol. The van der Waals surface area contributed by atoms with Crippen LogP contribution in [0.5, 0.6) is 0 Å². The van der Waals surface area contributed by atoms with Gasteiger partial charge in [-0.25, -0.2) is 0 Å². The number of fused-ring (bicyclic) bond motifs is 1. The molecule has 104 valence electrons. The summed E-state index contributed by atoms with van der Waals surface area (Å²) in [4.78, 5) is 37.2. The van der Waals surface area contributed by atoms with Crippen LogP contribution in [0.3, 0.4) is 0 Å². The summed E-state index contributed by atoms with van der Waals surface area (Å²) in [6.45, 7) is 3.56. The smallest absolute Gasteiger partial charge is 0.311 e. The highest BCUT2D eigenvalue weighted by Crippen LogP contribution is 2.47. The van der Waals surface area contributed by atoms with Crippen molar-refractivity contribution in [3.63, 3.8) is 0 Å². The molecule has 1 aromatic rings. The van der Waals surface area contributed by atoms with E-state index in [1.807, 2.05) is 12.1 Å². The van der Waals surface area contributed by atoms with E-state index in [1.54, 1.807) is 13.8 Å². The number of carboxylic acid groups (broad SMARTS) is 1. The molecule has 1 aromatic carbocycles. The molecule has 2 amide bonds. The highest BCUT2D eigenvalue weighted by molar-refractivity contribution is 6.22. The first-order valence-corrected chi connectivity index (χ1v) is 6.57. The molecular formula is C15H15NO4. The monoisotopic (exact) mass is 273 g/mol. The van der Waals surface area contributed by atoms with Crippen LogP contribution in [0, 0.1) is 19.3 Å². The van der Waals surface area contributed by atoms with E-state index in [0.29, 0.717) is 24.0 Å². The van der Waals surface area contributed by atoms with Gasteiger partial charge in [-0.05, 0) is 37.8 Å². The molecule has 0 saturated heterocycles. The molecule has 1 aliphatic carbocycles. The summed E-state index contributed by atoms with van der Waals surface area (Å²) in [6.07, 6.45) is 1.04. The molecule has 0 unspecified atom stereocenters. The number of hydrogen-bond donors (Lipinski definition) is 1. The number of nitrogens with zero attached hydrogens (tertiary/aromatic N) is 1. The topological polar surface area (TPSA) is 74.7 Å². The van der Waals surface area contributed by atoms with E-state index in [9.17, 15) is 19.5 Å². The van der Waals surface area contributed by atoms with E-state index in [2.05, 4.69) is 0 Å². The summed E-state index contributed by atoms with van der Waals surface area (Å²) in [5.74, 6) is -1.65. The molecule has 5 nitrogen and oxygen atoms in total. The van der Waals surface area contributed by atoms with Crippen LogP contribution in [0.15, 0.2) is 12.1 Å². The number of benzene rings is 1. The second-order valence-corrected chi connectivity index (χ2v) is 5.73. The van der Waals surface area contributed by atoms with E-state index >= 15 is 0 Å². The zero-order chi connectivity index (χ0) is 14.7. The Morgan fingerprint density at radius 2 is 1.60 bits per heavy atom. The Hall–Kier alpha value is -2.17. The SMILES string of the molecule is Cc1ccc(C)c2c1C(=O)N(CC1(C(=O)O)CC1)C2=O. The first-order valence-electron chi connectivity index (χ1n) is 6.57. The highest BCUT2D eigenvalue weighted by Gasteiger charge is 2.54. The number of carboxylic acids is 1. The predicted octanol–water partition coefficient (Wildman–Crippen LogP) is 1.76. The van der Waals surface area contributed by atoms with Crippen molar-refractivity contribution >= 4 is 17.8 Å². The van der Waals surface area contributed by atoms with Crippen LogP contribution < -0.4 is 0 Å². The van der Waals surface area contributed by atoms with Gasteiger partial charge in [0, 0.05) is 6.54 Å². The molecule has 0 atom stereocenters. The van der Waals surface area contributed by atoms with Gasteiger partial charge in [0.2, 0.25) is 0 Å². The zero-order valence-corrected chi connectivity index (χ0v) is 11.4. The number of carbonyl (C=O) groups excluding carboxylic acids is 2. The summed E-state index contributed by atoms with van der Waals surface area (Å²) in [5, 5.41) is 9.21. The van der Waals surface area contributed by atoms with Gasteiger partial charge in [-0.3, -0.25) is 19.3 Å². The van der Waals surface area contributed by atoms with Crippen molar-refractivity contribution in [1.82, 2.24) is 4.90 Å². The van der Waals surface area contributed by atoms with Crippen molar-refractivity contribution in [1.29, 1.82) is 0 Å². The maximum atomic E-state index is 12.4. The van der Waals surface area contributed by atoms with Gasteiger partial charge in [0.05, 0.1) is 16.5 Å². The number of aliphatic carboxylic acids is 1. The summed E-state index contributed by atoms with van der Waals surface area (Å²) in [5.41, 5.74) is 1.44. The molecule has 1 N–H and O–H groups in total. The van der Waals surface area contributed by atoms with Crippen LogP contribution in [0.1, 0.15) is 44.7 Å². The lowest BCUT2D eigenvalue weighted by Gasteiger charge is -2.18. The third-order valence-electron chi connectivity index (χ3n) is 4.31. The second kappa shape index (κ2) is 3.91. The van der Waals surface area contributed by atoms with E-state index in [1.165, 1.54) is 0 Å². The van der Waals surface area contributed by atoms with E-state index in [4.69, 9.17) is 0 Å². The van der Waals surface area contributed by atoms with Crippen LogP contribution in [0.2, 0.25) is 0 Å². The van der Waals surface area contributed by atoms with Crippen molar-refractivity contribution in [2.24, 2.45) is 5.41 Å². The molecule has 0 radical (unpaired) electrons. The standard InChI is InChI=1S/C15H15NO4/c1-8-3-4-9(2)11-10(8)12(17)16(13(11)18)7-15(5-6-15)14(19)20/h3-4H,5-7H2,1-2H3,(H,19,20).